The van der Waals surface area contributed by atoms with Gasteiger partial charge in [-0.05, 0) is 37.0 Å². The molecule has 1 aromatic rings. The molecule has 2 N–H and O–H groups in total. The number of aromatic nitrogens is 2. The highest BCUT2D eigenvalue weighted by Crippen LogP contribution is 2.49. The molecule has 0 aromatic carbocycles. The standard InChI is InChI=1S/C12H17N3O/c16-12(15-11-6-13-14-7-11)5-10-4-8-1-2-9(10)3-8/h6-10H,1-5H2,(H,13,14)(H,15,16). The van der Waals surface area contributed by atoms with E-state index >= 15 is 0 Å². The molecule has 2 saturated carbocycles. The Labute approximate surface area is 94.8 Å². The molecule has 4 heteroatoms. The number of aromatic amines is 1. The molecule has 2 bridgehead atoms. The summed E-state index contributed by atoms with van der Waals surface area (Å²) in [5.41, 5.74) is 0.771. The topological polar surface area (TPSA) is 57.8 Å². The number of fused-ring (bicyclic) bond motifs is 2. The van der Waals surface area contributed by atoms with Crippen LogP contribution in [0.2, 0.25) is 0 Å². The monoisotopic (exact) mass is 219 g/mol. The fourth-order valence-electron chi connectivity index (χ4n) is 3.40. The molecule has 0 radical (unpaired) electrons. The van der Waals surface area contributed by atoms with E-state index in [1.807, 2.05) is 0 Å². The number of hydrogen-bond donors (Lipinski definition) is 2. The predicted molar refractivity (Wildman–Crippen MR) is 60.8 cm³/mol. The van der Waals surface area contributed by atoms with Gasteiger partial charge in [0.2, 0.25) is 5.91 Å². The molecule has 3 rings (SSSR count). The van der Waals surface area contributed by atoms with Gasteiger partial charge in [-0.15, -0.1) is 0 Å². The molecule has 3 unspecified atom stereocenters. The van der Waals surface area contributed by atoms with Crippen molar-refractivity contribution < 1.29 is 4.79 Å². The van der Waals surface area contributed by atoms with Crippen LogP contribution in [-0.2, 0) is 4.79 Å². The number of carbonyl (C=O) groups is 1. The zero-order chi connectivity index (χ0) is 11.0. The molecule has 1 amide bonds. The average Bonchev–Trinajstić information content (AvgIpc) is 2.92. The normalized spacial score (nSPS) is 31.9. The lowest BCUT2D eigenvalue weighted by molar-refractivity contribution is -0.117. The Kier molecular flexibility index (Phi) is 2.42. The van der Waals surface area contributed by atoms with Crippen LogP contribution in [0.3, 0.4) is 0 Å². The van der Waals surface area contributed by atoms with Crippen LogP contribution in [0.15, 0.2) is 12.4 Å². The second kappa shape index (κ2) is 3.92. The quantitative estimate of drug-likeness (QED) is 0.818. The lowest BCUT2D eigenvalue weighted by Crippen LogP contribution is -2.20. The summed E-state index contributed by atoms with van der Waals surface area (Å²) in [6, 6.07) is 0. The number of nitrogens with zero attached hydrogens (tertiary/aromatic N) is 1. The number of nitrogens with one attached hydrogen (secondary N) is 2. The summed E-state index contributed by atoms with van der Waals surface area (Å²) in [4.78, 5) is 11.8. The molecule has 16 heavy (non-hydrogen) atoms. The minimum absolute atomic E-state index is 0.138. The first-order chi connectivity index (χ1) is 7.81. The van der Waals surface area contributed by atoms with Crippen LogP contribution in [0.1, 0.15) is 32.1 Å². The van der Waals surface area contributed by atoms with E-state index in [-0.39, 0.29) is 5.91 Å². The molecule has 1 heterocycles. The van der Waals surface area contributed by atoms with Gasteiger partial charge in [0.25, 0.3) is 0 Å². The highest BCUT2D eigenvalue weighted by molar-refractivity contribution is 5.90. The summed E-state index contributed by atoms with van der Waals surface area (Å²) < 4.78 is 0. The third-order valence-electron chi connectivity index (χ3n) is 4.11. The highest BCUT2D eigenvalue weighted by Gasteiger charge is 2.40. The van der Waals surface area contributed by atoms with Gasteiger partial charge in [-0.25, -0.2) is 0 Å². The molecule has 86 valence electrons. The van der Waals surface area contributed by atoms with Crippen LogP contribution in [0.4, 0.5) is 5.69 Å². The maximum absolute atomic E-state index is 11.8. The van der Waals surface area contributed by atoms with Gasteiger partial charge in [-0.2, -0.15) is 5.10 Å². The van der Waals surface area contributed by atoms with Gasteiger partial charge in [0.15, 0.2) is 0 Å². The van der Waals surface area contributed by atoms with Gasteiger partial charge >= 0.3 is 0 Å². The second-order valence-corrected chi connectivity index (χ2v) is 5.17. The van der Waals surface area contributed by atoms with Crippen LogP contribution in [0.5, 0.6) is 0 Å². The van der Waals surface area contributed by atoms with Crippen LogP contribution in [0, 0.1) is 17.8 Å². The summed E-state index contributed by atoms with van der Waals surface area (Å²) in [5, 5.41) is 9.37. The number of anilines is 1. The smallest absolute Gasteiger partial charge is 0.224 e. The Balaban J connectivity index is 1.53. The first-order valence-corrected chi connectivity index (χ1v) is 6.10. The van der Waals surface area contributed by atoms with Crippen LogP contribution in [-0.4, -0.2) is 16.1 Å². The number of rotatable bonds is 3. The van der Waals surface area contributed by atoms with Crippen LogP contribution in [0.25, 0.3) is 0 Å². The molecule has 0 spiro atoms. The van der Waals surface area contributed by atoms with Gasteiger partial charge in [0, 0.05) is 12.6 Å². The molecule has 1 aromatic heterocycles. The maximum atomic E-state index is 11.8. The summed E-state index contributed by atoms with van der Waals surface area (Å²) in [6.45, 7) is 0. The Bertz CT molecular complexity index is 374. The molecular weight excluding hydrogens is 202 g/mol. The zero-order valence-electron chi connectivity index (χ0n) is 9.28. The fraction of sp³-hybridized carbons (Fsp3) is 0.667. The van der Waals surface area contributed by atoms with E-state index in [0.29, 0.717) is 12.3 Å². The van der Waals surface area contributed by atoms with E-state index < -0.39 is 0 Å². The summed E-state index contributed by atoms with van der Waals surface area (Å²) in [5.74, 6) is 2.50. The van der Waals surface area contributed by atoms with Crippen molar-refractivity contribution in [2.75, 3.05) is 5.32 Å². The van der Waals surface area contributed by atoms with Gasteiger partial charge in [0.05, 0.1) is 11.9 Å². The minimum Gasteiger partial charge on any atom is -0.323 e. The van der Waals surface area contributed by atoms with Crippen molar-refractivity contribution in [1.82, 2.24) is 10.2 Å². The van der Waals surface area contributed by atoms with Crippen molar-refractivity contribution in [3.63, 3.8) is 0 Å². The molecule has 0 aliphatic heterocycles. The van der Waals surface area contributed by atoms with Crippen molar-refractivity contribution in [1.29, 1.82) is 0 Å². The average molecular weight is 219 g/mol. The first kappa shape index (κ1) is 9.87. The fourth-order valence-corrected chi connectivity index (χ4v) is 3.40. The van der Waals surface area contributed by atoms with Crippen molar-refractivity contribution in [3.05, 3.63) is 12.4 Å². The molecule has 3 atom stereocenters. The van der Waals surface area contributed by atoms with E-state index in [9.17, 15) is 4.79 Å². The van der Waals surface area contributed by atoms with Gasteiger partial charge in [-0.1, -0.05) is 6.42 Å². The van der Waals surface area contributed by atoms with E-state index in [0.717, 1.165) is 17.5 Å². The third kappa shape index (κ3) is 1.84. The van der Waals surface area contributed by atoms with Gasteiger partial charge in [-0.3, -0.25) is 9.89 Å². The Hall–Kier alpha value is -1.32. The Morgan fingerprint density at radius 2 is 2.44 bits per heavy atom. The van der Waals surface area contributed by atoms with Crippen molar-refractivity contribution in [2.45, 2.75) is 32.1 Å². The summed E-state index contributed by atoms with van der Waals surface area (Å²) in [7, 11) is 0. The summed E-state index contributed by atoms with van der Waals surface area (Å²) >= 11 is 0. The van der Waals surface area contributed by atoms with E-state index in [1.165, 1.54) is 25.7 Å². The number of hydrogen-bond acceptors (Lipinski definition) is 2. The zero-order valence-corrected chi connectivity index (χ0v) is 9.28. The predicted octanol–water partition coefficient (Wildman–Crippen LogP) is 2.17. The lowest BCUT2D eigenvalue weighted by atomic mass is 9.86. The Morgan fingerprint density at radius 1 is 1.50 bits per heavy atom. The largest absolute Gasteiger partial charge is 0.323 e. The SMILES string of the molecule is O=C(CC1CC2CCC1C2)Nc1cn[nH]c1. The molecule has 4 nitrogen and oxygen atoms in total. The number of amides is 1. The van der Waals surface area contributed by atoms with Crippen molar-refractivity contribution >= 4 is 11.6 Å². The van der Waals surface area contributed by atoms with Crippen LogP contribution >= 0.6 is 0 Å². The lowest BCUT2D eigenvalue weighted by Gasteiger charge is -2.20. The minimum atomic E-state index is 0.138. The van der Waals surface area contributed by atoms with E-state index in [1.54, 1.807) is 12.4 Å². The Morgan fingerprint density at radius 3 is 3.06 bits per heavy atom. The summed E-state index contributed by atoms with van der Waals surface area (Å²) in [6.07, 6.45) is 9.40. The maximum Gasteiger partial charge on any atom is 0.224 e. The van der Waals surface area contributed by atoms with E-state index in [4.69, 9.17) is 0 Å². The van der Waals surface area contributed by atoms with E-state index in [2.05, 4.69) is 15.5 Å². The van der Waals surface area contributed by atoms with Gasteiger partial charge < -0.3 is 5.32 Å². The second-order valence-electron chi connectivity index (χ2n) is 5.17. The molecule has 2 aliphatic rings. The van der Waals surface area contributed by atoms with Crippen molar-refractivity contribution in [3.8, 4) is 0 Å². The first-order valence-electron chi connectivity index (χ1n) is 6.10. The van der Waals surface area contributed by atoms with Crippen molar-refractivity contribution in [2.24, 2.45) is 17.8 Å². The molecule has 2 aliphatic carbocycles. The number of H-pyrrole nitrogens is 1. The molecular formula is C12H17N3O. The molecule has 0 saturated heterocycles. The third-order valence-corrected chi connectivity index (χ3v) is 4.11. The highest BCUT2D eigenvalue weighted by atomic mass is 16.1. The van der Waals surface area contributed by atoms with Crippen LogP contribution < -0.4 is 5.32 Å². The number of carbonyl (C=O) groups excluding carboxylic acids is 1. The molecule has 2 fully saturated rings. The van der Waals surface area contributed by atoms with Gasteiger partial charge in [0.1, 0.15) is 0 Å².